The van der Waals surface area contributed by atoms with Crippen molar-refractivity contribution in [1.82, 2.24) is 19.8 Å². The van der Waals surface area contributed by atoms with Gasteiger partial charge in [0, 0.05) is 31.1 Å². The molecule has 0 atom stereocenters. The van der Waals surface area contributed by atoms with Crippen molar-refractivity contribution in [1.29, 1.82) is 0 Å². The Hall–Kier alpha value is -3.59. The van der Waals surface area contributed by atoms with Crippen LogP contribution in [0.2, 0.25) is 0 Å². The lowest BCUT2D eigenvalue weighted by molar-refractivity contribution is -0.132. The van der Waals surface area contributed by atoms with Gasteiger partial charge in [0.1, 0.15) is 18.1 Å². The Morgan fingerprint density at radius 2 is 1.92 bits per heavy atom. The van der Waals surface area contributed by atoms with Crippen molar-refractivity contribution >= 4 is 11.6 Å². The van der Waals surface area contributed by atoms with Gasteiger partial charge in [-0.05, 0) is 63.2 Å². The Balaban J connectivity index is 1.38. The van der Waals surface area contributed by atoms with Gasteiger partial charge in [-0.15, -0.1) is 0 Å². The first-order valence-corrected chi connectivity index (χ1v) is 13.0. The van der Waals surface area contributed by atoms with Crippen molar-refractivity contribution in [3.8, 4) is 17.0 Å². The van der Waals surface area contributed by atoms with Crippen LogP contribution in [-0.2, 0) is 24.2 Å². The zero-order valence-corrected chi connectivity index (χ0v) is 22.3. The lowest BCUT2D eigenvalue weighted by Crippen LogP contribution is -2.40. The maximum absolute atomic E-state index is 15.0. The van der Waals surface area contributed by atoms with E-state index in [9.17, 15) is 13.6 Å². The van der Waals surface area contributed by atoms with E-state index < -0.39 is 11.6 Å². The number of rotatable bonds is 6. The van der Waals surface area contributed by atoms with E-state index in [4.69, 9.17) is 4.74 Å². The number of hydrogen-bond donors (Lipinski definition) is 0. The van der Waals surface area contributed by atoms with Crippen LogP contribution in [0.25, 0.3) is 11.3 Å². The molecule has 0 radical (unpaired) electrons. The summed E-state index contributed by atoms with van der Waals surface area (Å²) >= 11 is 0. The molecule has 200 valence electrons. The van der Waals surface area contributed by atoms with E-state index in [-0.39, 0.29) is 23.4 Å². The van der Waals surface area contributed by atoms with E-state index >= 15 is 0 Å². The number of nitrogens with zero attached hydrogens (tertiary/aromatic N) is 5. The second-order valence-corrected chi connectivity index (χ2v) is 10.5. The fraction of sp³-hybridized carbons (Fsp3) is 0.414. The van der Waals surface area contributed by atoms with Gasteiger partial charge in [-0.25, -0.2) is 18.7 Å². The molecule has 2 aromatic carbocycles. The highest BCUT2D eigenvalue weighted by Gasteiger charge is 2.26. The summed E-state index contributed by atoms with van der Waals surface area (Å²) in [5, 5.41) is 0. The highest BCUT2D eigenvalue weighted by molar-refractivity contribution is 5.78. The number of halogens is 2. The van der Waals surface area contributed by atoms with Crippen LogP contribution < -0.4 is 9.64 Å². The highest BCUT2D eigenvalue weighted by Crippen LogP contribution is 2.39. The smallest absolute Gasteiger partial charge is 0.237 e. The molecular formula is C29H33F2N5O2. The first-order valence-electron chi connectivity index (χ1n) is 13.0. The molecule has 7 nitrogen and oxygen atoms in total. The van der Waals surface area contributed by atoms with Crippen molar-refractivity contribution in [2.75, 3.05) is 45.2 Å². The number of anilines is 1. The van der Waals surface area contributed by atoms with Gasteiger partial charge in [0.2, 0.25) is 5.91 Å². The number of aromatic nitrogens is 2. The van der Waals surface area contributed by atoms with Crippen LogP contribution in [0.1, 0.15) is 36.4 Å². The molecule has 9 heteroatoms. The summed E-state index contributed by atoms with van der Waals surface area (Å²) < 4.78 is 35.5. The molecule has 0 saturated heterocycles. The molecule has 38 heavy (non-hydrogen) atoms. The summed E-state index contributed by atoms with van der Waals surface area (Å²) in [7, 11) is 3.78. The van der Waals surface area contributed by atoms with E-state index in [2.05, 4.69) is 16.0 Å². The third-order valence-electron chi connectivity index (χ3n) is 7.05. The third kappa shape index (κ3) is 5.34. The minimum atomic E-state index is -0.603. The average Bonchev–Trinajstić information content (AvgIpc) is 2.88. The van der Waals surface area contributed by atoms with Crippen molar-refractivity contribution < 1.29 is 18.3 Å². The summed E-state index contributed by atoms with van der Waals surface area (Å²) in [5.41, 5.74) is 4.36. The Labute approximate surface area is 222 Å². The van der Waals surface area contributed by atoms with Crippen LogP contribution in [0.15, 0.2) is 36.5 Å². The summed E-state index contributed by atoms with van der Waals surface area (Å²) in [4.78, 5) is 27.0. The lowest BCUT2D eigenvalue weighted by Gasteiger charge is -2.34. The SMILES string of the molecule is CC(C)N1CCOc2c(F)cc(-c3nc(Cc4ccc5c(c4)CCN(C(=O)CN(C)C)C5)ncc3F)cc21. The number of ether oxygens (including phenoxy) is 1. The standard InChI is InChI=1S/C29H33F2N5O2/c1-18(2)36-9-10-38-29-23(30)13-22(14-25(29)36)28-24(31)15-32-26(33-28)12-19-5-6-21-16-35(8-7-20(21)11-19)27(37)17-34(3)4/h5-6,11,13-15,18H,7-10,12,16-17H2,1-4H3. The first-order chi connectivity index (χ1) is 18.2. The highest BCUT2D eigenvalue weighted by atomic mass is 19.1. The average molecular weight is 522 g/mol. The van der Waals surface area contributed by atoms with E-state index in [0.717, 1.165) is 23.7 Å². The van der Waals surface area contributed by atoms with Crippen LogP contribution in [0.3, 0.4) is 0 Å². The Morgan fingerprint density at radius 1 is 1.11 bits per heavy atom. The van der Waals surface area contributed by atoms with Gasteiger partial charge < -0.3 is 19.4 Å². The fourth-order valence-corrected chi connectivity index (χ4v) is 5.15. The zero-order chi connectivity index (χ0) is 27.0. The van der Waals surface area contributed by atoms with E-state index in [1.54, 1.807) is 6.07 Å². The first kappa shape index (κ1) is 26.0. The number of carbonyl (C=O) groups is 1. The van der Waals surface area contributed by atoms with Crippen LogP contribution in [-0.4, -0.2) is 72.1 Å². The molecular weight excluding hydrogens is 488 g/mol. The minimum absolute atomic E-state index is 0.0685. The number of fused-ring (bicyclic) bond motifs is 2. The summed E-state index contributed by atoms with van der Waals surface area (Å²) in [6.45, 7) is 6.77. The number of amides is 1. The molecule has 0 saturated carbocycles. The number of likely N-dealkylation sites (N-methyl/N-ethyl adjacent to an activating group) is 1. The van der Waals surface area contributed by atoms with Crippen LogP contribution in [0, 0.1) is 11.6 Å². The topological polar surface area (TPSA) is 61.8 Å². The van der Waals surface area contributed by atoms with Crippen molar-refractivity contribution in [3.05, 3.63) is 70.7 Å². The second-order valence-electron chi connectivity index (χ2n) is 10.5. The Morgan fingerprint density at radius 3 is 2.68 bits per heavy atom. The third-order valence-corrected chi connectivity index (χ3v) is 7.05. The maximum atomic E-state index is 15.0. The molecule has 0 aliphatic carbocycles. The van der Waals surface area contributed by atoms with Crippen molar-refractivity contribution in [3.63, 3.8) is 0 Å². The normalized spacial score (nSPS) is 14.9. The van der Waals surface area contributed by atoms with E-state index in [1.807, 2.05) is 54.8 Å². The number of hydrogen-bond acceptors (Lipinski definition) is 6. The molecule has 5 rings (SSSR count). The molecule has 0 bridgehead atoms. The monoisotopic (exact) mass is 521 g/mol. The van der Waals surface area contributed by atoms with Gasteiger partial charge >= 0.3 is 0 Å². The number of benzene rings is 2. The van der Waals surface area contributed by atoms with Crippen molar-refractivity contribution in [2.24, 2.45) is 0 Å². The predicted molar refractivity (Wildman–Crippen MR) is 142 cm³/mol. The molecule has 1 amide bonds. The molecule has 3 aromatic rings. The van der Waals surface area contributed by atoms with Gasteiger partial charge in [-0.1, -0.05) is 18.2 Å². The zero-order valence-electron chi connectivity index (χ0n) is 22.3. The lowest BCUT2D eigenvalue weighted by atomic mass is 9.96. The largest absolute Gasteiger partial charge is 0.486 e. The minimum Gasteiger partial charge on any atom is -0.486 e. The van der Waals surface area contributed by atoms with Gasteiger partial charge in [-0.2, -0.15) is 0 Å². The predicted octanol–water partition coefficient (Wildman–Crippen LogP) is 4.07. The van der Waals surface area contributed by atoms with Crippen LogP contribution >= 0.6 is 0 Å². The molecule has 0 unspecified atom stereocenters. The molecule has 0 spiro atoms. The van der Waals surface area contributed by atoms with Gasteiger partial charge in [-0.3, -0.25) is 4.79 Å². The van der Waals surface area contributed by atoms with Crippen molar-refractivity contribution in [2.45, 2.75) is 39.3 Å². The van der Waals surface area contributed by atoms with Gasteiger partial charge in [0.05, 0.1) is 25.0 Å². The summed E-state index contributed by atoms with van der Waals surface area (Å²) in [6, 6.07) is 9.33. The maximum Gasteiger partial charge on any atom is 0.237 e. The molecule has 0 N–H and O–H groups in total. The molecule has 0 fully saturated rings. The fourth-order valence-electron chi connectivity index (χ4n) is 5.15. The van der Waals surface area contributed by atoms with E-state index in [1.165, 1.54) is 11.6 Å². The molecule has 1 aromatic heterocycles. The van der Waals surface area contributed by atoms with Crippen LogP contribution in [0.5, 0.6) is 5.75 Å². The van der Waals surface area contributed by atoms with Gasteiger partial charge in [0.15, 0.2) is 17.4 Å². The summed E-state index contributed by atoms with van der Waals surface area (Å²) in [6.07, 6.45) is 2.34. The number of carbonyl (C=O) groups excluding carboxylic acids is 1. The van der Waals surface area contributed by atoms with Crippen LogP contribution in [0.4, 0.5) is 14.5 Å². The second kappa shape index (κ2) is 10.6. The molecule has 2 aliphatic heterocycles. The molecule has 2 aliphatic rings. The molecule has 3 heterocycles. The van der Waals surface area contributed by atoms with E-state index in [0.29, 0.717) is 56.3 Å². The van der Waals surface area contributed by atoms with Gasteiger partial charge in [0.25, 0.3) is 0 Å². The Bertz CT molecular complexity index is 1360. The Kier molecular flexibility index (Phi) is 7.29. The quantitative estimate of drug-likeness (QED) is 0.488. The summed E-state index contributed by atoms with van der Waals surface area (Å²) in [5.74, 6) is -0.364.